The highest BCUT2D eigenvalue weighted by atomic mass is 32.2. The van der Waals surface area contributed by atoms with E-state index in [1.807, 2.05) is 0 Å². The third kappa shape index (κ3) is 5.67. The zero-order valence-electron chi connectivity index (χ0n) is 9.63. The van der Waals surface area contributed by atoms with Crippen molar-refractivity contribution in [2.45, 2.75) is 24.2 Å². The molecule has 0 amide bonds. The second-order valence-electron chi connectivity index (χ2n) is 3.79. The van der Waals surface area contributed by atoms with Crippen molar-refractivity contribution in [2.75, 3.05) is 18.9 Å². The molecule has 17 heavy (non-hydrogen) atoms. The molecule has 0 unspecified atom stereocenters. The van der Waals surface area contributed by atoms with Crippen LogP contribution in [0.25, 0.3) is 0 Å². The summed E-state index contributed by atoms with van der Waals surface area (Å²) in [5.41, 5.74) is 5.85. The number of hydrogen-bond acceptors (Lipinski definition) is 4. The summed E-state index contributed by atoms with van der Waals surface area (Å²) in [6.45, 7) is 2.00. The van der Waals surface area contributed by atoms with Crippen LogP contribution in [0.4, 0.5) is 5.69 Å². The summed E-state index contributed by atoms with van der Waals surface area (Å²) in [6, 6.07) is 5.70. The van der Waals surface area contributed by atoms with Gasteiger partial charge in [0.15, 0.2) is 0 Å². The topological polar surface area (TPSA) is 95.4 Å². The maximum absolute atomic E-state index is 10.7. The highest BCUT2D eigenvalue weighted by Crippen LogP contribution is 2.08. The molecule has 96 valence electrons. The van der Waals surface area contributed by atoms with E-state index in [9.17, 15) is 8.42 Å². The number of ether oxygens (including phenoxy) is 1. The van der Waals surface area contributed by atoms with Gasteiger partial charge in [0.2, 0.25) is 10.0 Å². The predicted octanol–water partition coefficient (Wildman–Crippen LogP) is 1.10. The highest BCUT2D eigenvalue weighted by molar-refractivity contribution is 7.89. The summed E-state index contributed by atoms with van der Waals surface area (Å²) in [6.07, 6.45) is 3.93. The molecule has 1 aromatic carbocycles. The zero-order chi connectivity index (χ0) is 12.7. The number of anilines is 1. The van der Waals surface area contributed by atoms with Gasteiger partial charge in [-0.3, -0.25) is 0 Å². The second kappa shape index (κ2) is 6.58. The quantitative estimate of drug-likeness (QED) is 0.737. The van der Waals surface area contributed by atoms with Crippen molar-refractivity contribution in [3.05, 3.63) is 24.3 Å². The molecule has 0 radical (unpaired) electrons. The molecule has 2 rings (SSSR count). The SMILES string of the molecule is C1CCOCC1.Nc1ccc(S(N)(=O)=O)cc1. The van der Waals surface area contributed by atoms with Crippen LogP contribution in [0.2, 0.25) is 0 Å². The van der Waals surface area contributed by atoms with Gasteiger partial charge < -0.3 is 10.5 Å². The van der Waals surface area contributed by atoms with Crippen molar-refractivity contribution < 1.29 is 13.2 Å². The Hall–Kier alpha value is -1.11. The van der Waals surface area contributed by atoms with Crippen molar-refractivity contribution in [2.24, 2.45) is 5.14 Å². The van der Waals surface area contributed by atoms with Gasteiger partial charge in [0.1, 0.15) is 0 Å². The fourth-order valence-corrected chi connectivity index (χ4v) is 1.86. The fourth-order valence-electron chi connectivity index (χ4n) is 1.34. The molecule has 0 bridgehead atoms. The average Bonchev–Trinajstić information content (AvgIpc) is 2.31. The molecule has 0 atom stereocenters. The summed E-state index contributed by atoms with van der Waals surface area (Å²) < 4.78 is 26.4. The van der Waals surface area contributed by atoms with E-state index in [0.717, 1.165) is 13.2 Å². The number of primary sulfonamides is 1. The second-order valence-corrected chi connectivity index (χ2v) is 5.35. The first-order valence-corrected chi connectivity index (χ1v) is 7.01. The number of nitrogen functional groups attached to an aromatic ring is 1. The van der Waals surface area contributed by atoms with Gasteiger partial charge in [-0.05, 0) is 43.5 Å². The van der Waals surface area contributed by atoms with Gasteiger partial charge in [-0.1, -0.05) is 0 Å². The van der Waals surface area contributed by atoms with Crippen LogP contribution in [0.1, 0.15) is 19.3 Å². The zero-order valence-corrected chi connectivity index (χ0v) is 10.4. The van der Waals surface area contributed by atoms with E-state index in [1.54, 1.807) is 0 Å². The number of rotatable bonds is 1. The van der Waals surface area contributed by atoms with Crippen LogP contribution in [0, 0.1) is 0 Å². The summed E-state index contributed by atoms with van der Waals surface area (Å²) in [5.74, 6) is 0. The smallest absolute Gasteiger partial charge is 0.238 e. The van der Waals surface area contributed by atoms with Gasteiger partial charge >= 0.3 is 0 Å². The van der Waals surface area contributed by atoms with Gasteiger partial charge in [-0.15, -0.1) is 0 Å². The largest absolute Gasteiger partial charge is 0.399 e. The van der Waals surface area contributed by atoms with E-state index >= 15 is 0 Å². The van der Waals surface area contributed by atoms with Gasteiger partial charge in [-0.2, -0.15) is 0 Å². The normalized spacial score (nSPS) is 15.8. The van der Waals surface area contributed by atoms with Crippen LogP contribution in [-0.2, 0) is 14.8 Å². The summed E-state index contributed by atoms with van der Waals surface area (Å²) in [5, 5.41) is 4.84. The minimum atomic E-state index is -3.58. The summed E-state index contributed by atoms with van der Waals surface area (Å²) in [7, 11) is -3.58. The number of sulfonamides is 1. The molecule has 0 saturated carbocycles. The standard InChI is InChI=1S/C6H8N2O2S.C5H10O/c7-5-1-3-6(4-2-5)11(8,9)10;1-2-4-6-5-3-1/h1-4H,7H2,(H2,8,9,10);1-5H2. The van der Waals surface area contributed by atoms with Crippen molar-refractivity contribution in [1.82, 2.24) is 0 Å². The Balaban J connectivity index is 0.000000202. The van der Waals surface area contributed by atoms with Crippen molar-refractivity contribution in [3.63, 3.8) is 0 Å². The van der Waals surface area contributed by atoms with Crippen molar-refractivity contribution in [3.8, 4) is 0 Å². The lowest BCUT2D eigenvalue weighted by atomic mass is 10.2. The number of hydrogen-bond donors (Lipinski definition) is 2. The predicted molar refractivity (Wildman–Crippen MR) is 66.9 cm³/mol. The monoisotopic (exact) mass is 258 g/mol. The first-order chi connectivity index (χ1) is 8.00. The minimum absolute atomic E-state index is 0.0756. The van der Waals surface area contributed by atoms with Gasteiger partial charge in [0.05, 0.1) is 4.90 Å². The Morgan fingerprint density at radius 3 is 1.82 bits per heavy atom. The molecule has 1 fully saturated rings. The van der Waals surface area contributed by atoms with Gasteiger partial charge in [0, 0.05) is 18.9 Å². The highest BCUT2D eigenvalue weighted by Gasteiger charge is 2.04. The summed E-state index contributed by atoms with van der Waals surface area (Å²) >= 11 is 0. The first-order valence-electron chi connectivity index (χ1n) is 5.46. The summed E-state index contributed by atoms with van der Waals surface area (Å²) in [4.78, 5) is 0.0756. The molecule has 0 aromatic heterocycles. The lowest BCUT2D eigenvalue weighted by Crippen LogP contribution is -2.11. The molecule has 1 aliphatic rings. The van der Waals surface area contributed by atoms with E-state index in [-0.39, 0.29) is 4.90 Å². The Labute approximate surface area is 102 Å². The molecule has 1 aliphatic heterocycles. The third-order valence-electron chi connectivity index (χ3n) is 2.29. The molecule has 0 aliphatic carbocycles. The Morgan fingerprint density at radius 2 is 1.53 bits per heavy atom. The van der Waals surface area contributed by atoms with Crippen LogP contribution in [0.3, 0.4) is 0 Å². The van der Waals surface area contributed by atoms with Crippen molar-refractivity contribution >= 4 is 15.7 Å². The number of benzene rings is 1. The van der Waals surface area contributed by atoms with E-state index in [0.29, 0.717) is 5.69 Å². The Kier molecular flexibility index (Phi) is 5.40. The molecule has 1 saturated heterocycles. The average molecular weight is 258 g/mol. The molecule has 1 aromatic rings. The maximum Gasteiger partial charge on any atom is 0.238 e. The number of nitrogens with two attached hydrogens (primary N) is 2. The molecule has 1 heterocycles. The van der Waals surface area contributed by atoms with Crippen LogP contribution < -0.4 is 10.9 Å². The molecule has 4 N–H and O–H groups in total. The Morgan fingerprint density at radius 1 is 1.00 bits per heavy atom. The van der Waals surface area contributed by atoms with E-state index in [1.165, 1.54) is 43.5 Å². The molecule has 5 nitrogen and oxygen atoms in total. The first kappa shape index (κ1) is 14.0. The fraction of sp³-hybridized carbons (Fsp3) is 0.455. The third-order valence-corrected chi connectivity index (χ3v) is 3.22. The molecule has 6 heteroatoms. The molecular formula is C11H18N2O3S. The van der Waals surface area contributed by atoms with E-state index in [4.69, 9.17) is 15.6 Å². The van der Waals surface area contributed by atoms with Crippen LogP contribution in [0.15, 0.2) is 29.2 Å². The maximum atomic E-state index is 10.7. The van der Waals surface area contributed by atoms with Gasteiger partial charge in [0.25, 0.3) is 0 Å². The lowest BCUT2D eigenvalue weighted by molar-refractivity contribution is 0.0968. The van der Waals surface area contributed by atoms with Crippen LogP contribution in [-0.4, -0.2) is 21.6 Å². The minimum Gasteiger partial charge on any atom is -0.399 e. The van der Waals surface area contributed by atoms with Crippen LogP contribution in [0.5, 0.6) is 0 Å². The lowest BCUT2D eigenvalue weighted by Gasteiger charge is -2.08. The molecular weight excluding hydrogens is 240 g/mol. The van der Waals surface area contributed by atoms with Gasteiger partial charge in [-0.25, -0.2) is 13.6 Å². The Bertz CT molecular complexity index is 413. The molecule has 0 spiro atoms. The van der Waals surface area contributed by atoms with E-state index in [2.05, 4.69) is 0 Å². The van der Waals surface area contributed by atoms with Crippen LogP contribution >= 0.6 is 0 Å². The van der Waals surface area contributed by atoms with E-state index < -0.39 is 10.0 Å². The van der Waals surface area contributed by atoms with Crippen molar-refractivity contribution in [1.29, 1.82) is 0 Å².